The zero-order valence-electron chi connectivity index (χ0n) is 9.39. The molecule has 4 heteroatoms. The first kappa shape index (κ1) is 11.9. The van der Waals surface area contributed by atoms with Gasteiger partial charge in [-0.05, 0) is 39.7 Å². The van der Waals surface area contributed by atoms with Crippen molar-refractivity contribution >= 4 is 22.2 Å². The van der Waals surface area contributed by atoms with Crippen LogP contribution < -0.4 is 4.74 Å². The van der Waals surface area contributed by atoms with E-state index in [-0.39, 0.29) is 0 Å². The van der Waals surface area contributed by atoms with E-state index in [1.54, 1.807) is 13.2 Å². The fraction of sp³-hybridized carbons (Fsp3) is 0.154. The summed E-state index contributed by atoms with van der Waals surface area (Å²) in [5, 5.41) is 0. The van der Waals surface area contributed by atoms with Gasteiger partial charge < -0.3 is 9.30 Å². The van der Waals surface area contributed by atoms with Crippen LogP contribution in [0.5, 0.6) is 5.75 Å². The smallest absolute Gasteiger partial charge is 0.166 e. The number of benzene rings is 1. The van der Waals surface area contributed by atoms with E-state index in [0.29, 0.717) is 12.2 Å². The summed E-state index contributed by atoms with van der Waals surface area (Å²) in [6.45, 7) is 0.638. The fourth-order valence-electron chi connectivity index (χ4n) is 1.70. The van der Waals surface area contributed by atoms with Crippen LogP contribution >= 0.6 is 15.9 Å². The van der Waals surface area contributed by atoms with Gasteiger partial charge in [0.2, 0.25) is 0 Å². The number of aldehydes is 1. The Labute approximate surface area is 108 Å². The molecular formula is C13H12BrNO2. The number of nitrogens with zero attached hydrogens (tertiary/aromatic N) is 1. The lowest BCUT2D eigenvalue weighted by molar-refractivity contribution is 0.111. The largest absolute Gasteiger partial charge is 0.496 e. The van der Waals surface area contributed by atoms with Crippen molar-refractivity contribution in [3.05, 3.63) is 52.3 Å². The summed E-state index contributed by atoms with van der Waals surface area (Å²) in [6, 6.07) is 9.48. The minimum Gasteiger partial charge on any atom is -0.496 e. The van der Waals surface area contributed by atoms with Crippen molar-refractivity contribution in [2.45, 2.75) is 6.54 Å². The second-order valence-corrected chi connectivity index (χ2v) is 4.41. The van der Waals surface area contributed by atoms with Crippen molar-refractivity contribution in [3.63, 3.8) is 0 Å². The Kier molecular flexibility index (Phi) is 3.64. The SMILES string of the molecule is COc1cccc(Cn2cccc2C=O)c1Br. The zero-order chi connectivity index (χ0) is 12.3. The first-order valence-corrected chi connectivity index (χ1v) is 5.97. The molecule has 2 rings (SSSR count). The highest BCUT2D eigenvalue weighted by Gasteiger charge is 2.07. The van der Waals surface area contributed by atoms with Gasteiger partial charge in [0.1, 0.15) is 5.75 Å². The van der Waals surface area contributed by atoms with Gasteiger partial charge in [-0.25, -0.2) is 0 Å². The Morgan fingerprint density at radius 3 is 2.88 bits per heavy atom. The predicted molar refractivity (Wildman–Crippen MR) is 69.6 cm³/mol. The number of halogens is 1. The minimum atomic E-state index is 0.638. The van der Waals surface area contributed by atoms with E-state index in [9.17, 15) is 4.79 Å². The quantitative estimate of drug-likeness (QED) is 0.811. The summed E-state index contributed by atoms with van der Waals surface area (Å²) in [7, 11) is 1.64. The van der Waals surface area contributed by atoms with Crippen molar-refractivity contribution in [1.29, 1.82) is 0 Å². The molecule has 0 unspecified atom stereocenters. The van der Waals surface area contributed by atoms with Gasteiger partial charge in [-0.2, -0.15) is 0 Å². The normalized spacial score (nSPS) is 10.2. The van der Waals surface area contributed by atoms with E-state index in [2.05, 4.69) is 15.9 Å². The van der Waals surface area contributed by atoms with Gasteiger partial charge in [-0.1, -0.05) is 12.1 Å². The average molecular weight is 294 g/mol. The van der Waals surface area contributed by atoms with Crippen LogP contribution in [0.2, 0.25) is 0 Å². The second kappa shape index (κ2) is 5.19. The van der Waals surface area contributed by atoms with Gasteiger partial charge in [0.25, 0.3) is 0 Å². The lowest BCUT2D eigenvalue weighted by Crippen LogP contribution is -2.03. The van der Waals surface area contributed by atoms with E-state index < -0.39 is 0 Å². The van der Waals surface area contributed by atoms with Crippen LogP contribution in [-0.2, 0) is 6.54 Å². The molecule has 0 bridgehead atoms. The molecule has 1 aromatic heterocycles. The molecule has 0 N–H and O–H groups in total. The van der Waals surface area contributed by atoms with Crippen molar-refractivity contribution in [2.24, 2.45) is 0 Å². The molecule has 1 aromatic carbocycles. The Bertz CT molecular complexity index is 534. The minimum absolute atomic E-state index is 0.638. The molecule has 0 aliphatic heterocycles. The first-order valence-electron chi connectivity index (χ1n) is 5.18. The third-order valence-electron chi connectivity index (χ3n) is 2.59. The van der Waals surface area contributed by atoms with Crippen molar-refractivity contribution in [3.8, 4) is 5.75 Å². The molecular weight excluding hydrogens is 282 g/mol. The molecule has 0 radical (unpaired) electrons. The predicted octanol–water partition coefficient (Wildman–Crippen LogP) is 3.12. The molecule has 0 aliphatic carbocycles. The van der Waals surface area contributed by atoms with Crippen LogP contribution in [0.1, 0.15) is 16.1 Å². The van der Waals surface area contributed by atoms with Gasteiger partial charge >= 0.3 is 0 Å². The van der Waals surface area contributed by atoms with Crippen LogP contribution in [0.3, 0.4) is 0 Å². The average Bonchev–Trinajstić information content (AvgIpc) is 2.79. The summed E-state index contributed by atoms with van der Waals surface area (Å²) < 4.78 is 8.06. The summed E-state index contributed by atoms with van der Waals surface area (Å²) in [6.07, 6.45) is 2.74. The van der Waals surface area contributed by atoms with Gasteiger partial charge in [0, 0.05) is 12.7 Å². The Morgan fingerprint density at radius 2 is 2.18 bits per heavy atom. The number of carbonyl (C=O) groups is 1. The highest BCUT2D eigenvalue weighted by atomic mass is 79.9. The van der Waals surface area contributed by atoms with Crippen LogP contribution in [0.4, 0.5) is 0 Å². The van der Waals surface area contributed by atoms with Crippen molar-refractivity contribution in [1.82, 2.24) is 4.57 Å². The second-order valence-electron chi connectivity index (χ2n) is 3.61. The van der Waals surface area contributed by atoms with Crippen molar-refractivity contribution < 1.29 is 9.53 Å². The molecule has 0 saturated heterocycles. The first-order chi connectivity index (χ1) is 8.26. The maximum absolute atomic E-state index is 10.8. The van der Waals surface area contributed by atoms with Gasteiger partial charge in [0.15, 0.2) is 6.29 Å². The monoisotopic (exact) mass is 293 g/mol. The van der Waals surface area contributed by atoms with E-state index >= 15 is 0 Å². The number of hydrogen-bond acceptors (Lipinski definition) is 2. The molecule has 0 saturated carbocycles. The van der Waals surface area contributed by atoms with Crippen LogP contribution in [0, 0.1) is 0 Å². The molecule has 3 nitrogen and oxygen atoms in total. The number of carbonyl (C=O) groups excluding carboxylic acids is 1. The molecule has 0 spiro atoms. The summed E-state index contributed by atoms with van der Waals surface area (Å²) >= 11 is 3.51. The molecule has 0 amide bonds. The number of hydrogen-bond donors (Lipinski definition) is 0. The summed E-state index contributed by atoms with van der Waals surface area (Å²) in [5.41, 5.74) is 1.74. The molecule has 88 valence electrons. The number of ether oxygens (including phenoxy) is 1. The van der Waals surface area contributed by atoms with Crippen molar-refractivity contribution in [2.75, 3.05) is 7.11 Å². The molecule has 17 heavy (non-hydrogen) atoms. The molecule has 2 aromatic rings. The van der Waals surface area contributed by atoms with E-state index in [4.69, 9.17) is 4.74 Å². The molecule has 0 aliphatic rings. The van der Waals surface area contributed by atoms with E-state index in [1.165, 1.54) is 0 Å². The molecule has 0 atom stereocenters. The number of aromatic nitrogens is 1. The van der Waals surface area contributed by atoms with Crippen LogP contribution in [0.25, 0.3) is 0 Å². The summed E-state index contributed by atoms with van der Waals surface area (Å²) in [5.74, 6) is 0.794. The molecule has 1 heterocycles. The zero-order valence-corrected chi connectivity index (χ0v) is 11.0. The van der Waals surface area contributed by atoms with Gasteiger partial charge in [0.05, 0.1) is 17.3 Å². The third kappa shape index (κ3) is 2.42. The lowest BCUT2D eigenvalue weighted by atomic mass is 10.2. The topological polar surface area (TPSA) is 31.2 Å². The van der Waals surface area contributed by atoms with Crippen LogP contribution in [-0.4, -0.2) is 18.0 Å². The van der Waals surface area contributed by atoms with Gasteiger partial charge in [-0.15, -0.1) is 0 Å². The number of rotatable bonds is 4. The van der Waals surface area contributed by atoms with Crippen LogP contribution in [0.15, 0.2) is 41.0 Å². The number of methoxy groups -OCH3 is 1. The lowest BCUT2D eigenvalue weighted by Gasteiger charge is -2.10. The standard InChI is InChI=1S/C13H12BrNO2/c1-17-12-6-2-4-10(13(12)14)8-15-7-3-5-11(15)9-16/h2-7,9H,8H2,1H3. The Morgan fingerprint density at radius 1 is 1.35 bits per heavy atom. The summed E-state index contributed by atoms with van der Waals surface area (Å²) in [4.78, 5) is 10.8. The fourth-order valence-corrected chi connectivity index (χ4v) is 2.25. The molecule has 0 fully saturated rings. The highest BCUT2D eigenvalue weighted by Crippen LogP contribution is 2.28. The maximum atomic E-state index is 10.8. The van der Waals surface area contributed by atoms with E-state index in [0.717, 1.165) is 22.1 Å². The maximum Gasteiger partial charge on any atom is 0.166 e. The Balaban J connectivity index is 2.33. The highest BCUT2D eigenvalue weighted by molar-refractivity contribution is 9.10. The van der Waals surface area contributed by atoms with E-state index in [1.807, 2.05) is 35.0 Å². The van der Waals surface area contributed by atoms with Gasteiger partial charge in [-0.3, -0.25) is 4.79 Å². The third-order valence-corrected chi connectivity index (χ3v) is 3.49. The Hall–Kier alpha value is -1.55.